The lowest BCUT2D eigenvalue weighted by Crippen LogP contribution is -2.41. The fourth-order valence-electron chi connectivity index (χ4n) is 3.18. The summed E-state index contributed by atoms with van der Waals surface area (Å²) in [6, 6.07) is 8.24. The number of hydrogen-bond acceptors (Lipinski definition) is 5. The standard InChI is InChI=1S/C18H25N5OS/c1-12-7-9-14(10-8-12)17-21-22-18(23(17)19)25-11-16(24)20-15-6-4-3-5-13(15)2/h7-10,13,15H,3-6,11,19H2,1-2H3,(H,20,24)/t13-,15+/m1/s1. The van der Waals surface area contributed by atoms with Gasteiger partial charge >= 0.3 is 0 Å². The van der Waals surface area contributed by atoms with Gasteiger partial charge in [0.2, 0.25) is 11.1 Å². The van der Waals surface area contributed by atoms with Crippen molar-refractivity contribution in [3.05, 3.63) is 29.8 Å². The molecule has 2 aromatic rings. The summed E-state index contributed by atoms with van der Waals surface area (Å²) >= 11 is 1.32. The Morgan fingerprint density at radius 2 is 2.00 bits per heavy atom. The molecule has 1 fully saturated rings. The van der Waals surface area contributed by atoms with Gasteiger partial charge in [-0.25, -0.2) is 4.68 Å². The highest BCUT2D eigenvalue weighted by atomic mass is 32.2. The second kappa shape index (κ2) is 7.91. The Morgan fingerprint density at radius 1 is 1.28 bits per heavy atom. The van der Waals surface area contributed by atoms with Crippen LogP contribution in [0.25, 0.3) is 11.4 Å². The largest absolute Gasteiger partial charge is 0.352 e. The summed E-state index contributed by atoms with van der Waals surface area (Å²) in [4.78, 5) is 12.2. The minimum Gasteiger partial charge on any atom is -0.352 e. The first kappa shape index (κ1) is 17.8. The van der Waals surface area contributed by atoms with E-state index in [9.17, 15) is 4.79 Å². The number of nitrogens with one attached hydrogen (secondary N) is 1. The molecule has 1 aromatic carbocycles. The van der Waals surface area contributed by atoms with E-state index in [4.69, 9.17) is 5.84 Å². The van der Waals surface area contributed by atoms with Crippen molar-refractivity contribution in [3.8, 4) is 11.4 Å². The van der Waals surface area contributed by atoms with Gasteiger partial charge in [0.1, 0.15) is 0 Å². The van der Waals surface area contributed by atoms with E-state index in [-0.39, 0.29) is 5.91 Å². The van der Waals surface area contributed by atoms with Gasteiger partial charge < -0.3 is 11.2 Å². The van der Waals surface area contributed by atoms with E-state index in [2.05, 4.69) is 22.4 Å². The molecule has 7 heteroatoms. The van der Waals surface area contributed by atoms with Crippen LogP contribution in [0, 0.1) is 12.8 Å². The molecule has 0 radical (unpaired) electrons. The maximum atomic E-state index is 12.2. The molecule has 134 valence electrons. The number of hydrogen-bond donors (Lipinski definition) is 2. The number of nitrogens with two attached hydrogens (primary N) is 1. The quantitative estimate of drug-likeness (QED) is 0.633. The average Bonchev–Trinajstić information content (AvgIpc) is 2.97. The number of carbonyl (C=O) groups is 1. The molecule has 6 nitrogen and oxygen atoms in total. The monoisotopic (exact) mass is 359 g/mol. The molecule has 1 amide bonds. The van der Waals surface area contributed by atoms with Crippen LogP contribution in [-0.4, -0.2) is 32.6 Å². The normalized spacial score (nSPS) is 20.4. The van der Waals surface area contributed by atoms with Crippen molar-refractivity contribution < 1.29 is 4.79 Å². The zero-order valence-corrected chi connectivity index (χ0v) is 15.6. The third-order valence-electron chi connectivity index (χ3n) is 4.76. The predicted octanol–water partition coefficient (Wildman–Crippen LogP) is 2.75. The number of aryl methyl sites for hydroxylation is 1. The summed E-state index contributed by atoms with van der Waals surface area (Å²) in [5.74, 6) is 7.59. The van der Waals surface area contributed by atoms with Gasteiger partial charge in [0.25, 0.3) is 0 Å². The predicted molar refractivity (Wildman–Crippen MR) is 101 cm³/mol. The number of rotatable bonds is 5. The lowest BCUT2D eigenvalue weighted by Gasteiger charge is -2.29. The summed E-state index contributed by atoms with van der Waals surface area (Å²) in [5, 5.41) is 12.0. The maximum Gasteiger partial charge on any atom is 0.230 e. The van der Waals surface area contributed by atoms with Gasteiger partial charge in [-0.05, 0) is 25.7 Å². The van der Waals surface area contributed by atoms with E-state index >= 15 is 0 Å². The molecule has 0 saturated heterocycles. The topological polar surface area (TPSA) is 85.8 Å². The molecule has 0 spiro atoms. The lowest BCUT2D eigenvalue weighted by atomic mass is 9.86. The van der Waals surface area contributed by atoms with E-state index in [0.717, 1.165) is 12.0 Å². The summed E-state index contributed by atoms with van der Waals surface area (Å²) in [5.41, 5.74) is 2.09. The lowest BCUT2D eigenvalue weighted by molar-refractivity contribution is -0.119. The van der Waals surface area contributed by atoms with E-state index in [1.165, 1.54) is 41.3 Å². The molecule has 2 atom stereocenters. The van der Waals surface area contributed by atoms with Gasteiger partial charge in [-0.3, -0.25) is 4.79 Å². The molecular weight excluding hydrogens is 334 g/mol. The molecular formula is C18H25N5OS. The molecule has 1 aliphatic rings. The van der Waals surface area contributed by atoms with Crippen molar-refractivity contribution >= 4 is 17.7 Å². The molecule has 25 heavy (non-hydrogen) atoms. The van der Waals surface area contributed by atoms with Gasteiger partial charge in [0, 0.05) is 11.6 Å². The number of thioether (sulfide) groups is 1. The Morgan fingerprint density at radius 3 is 2.72 bits per heavy atom. The fraction of sp³-hybridized carbons (Fsp3) is 0.500. The van der Waals surface area contributed by atoms with Crippen LogP contribution >= 0.6 is 11.8 Å². The second-order valence-electron chi connectivity index (χ2n) is 6.77. The van der Waals surface area contributed by atoms with E-state index < -0.39 is 0 Å². The minimum atomic E-state index is 0.0311. The number of carbonyl (C=O) groups excluding carboxylic acids is 1. The van der Waals surface area contributed by atoms with E-state index in [0.29, 0.717) is 28.7 Å². The van der Waals surface area contributed by atoms with Crippen LogP contribution in [-0.2, 0) is 4.79 Å². The summed E-state index contributed by atoms with van der Waals surface area (Å²) in [7, 11) is 0. The van der Waals surface area contributed by atoms with Gasteiger partial charge in [-0.1, -0.05) is 61.4 Å². The SMILES string of the molecule is Cc1ccc(-c2nnc(SCC(=O)N[C@H]3CCCC[C@H]3C)n2N)cc1. The van der Waals surface area contributed by atoms with Gasteiger partial charge in [-0.2, -0.15) is 0 Å². The Kier molecular flexibility index (Phi) is 5.63. The number of benzene rings is 1. The summed E-state index contributed by atoms with van der Waals surface area (Å²) in [6.07, 6.45) is 4.72. The molecule has 0 aliphatic heterocycles. The Balaban J connectivity index is 1.58. The Bertz CT molecular complexity index is 728. The molecule has 1 aromatic heterocycles. The smallest absolute Gasteiger partial charge is 0.230 e. The van der Waals surface area contributed by atoms with Crippen molar-refractivity contribution in [3.63, 3.8) is 0 Å². The first-order valence-corrected chi connectivity index (χ1v) is 9.73. The van der Waals surface area contributed by atoms with Gasteiger partial charge in [-0.15, -0.1) is 10.2 Å². The van der Waals surface area contributed by atoms with Crippen molar-refractivity contribution in [2.45, 2.75) is 50.7 Å². The Hall–Kier alpha value is -2.02. The number of nitrogen functional groups attached to an aromatic ring is 1. The van der Waals surface area contributed by atoms with Crippen molar-refractivity contribution in [1.29, 1.82) is 0 Å². The van der Waals surface area contributed by atoms with Crippen molar-refractivity contribution in [2.75, 3.05) is 11.6 Å². The van der Waals surface area contributed by atoms with Gasteiger partial charge in [0.05, 0.1) is 5.75 Å². The minimum absolute atomic E-state index is 0.0311. The zero-order chi connectivity index (χ0) is 17.8. The third-order valence-corrected chi connectivity index (χ3v) is 5.71. The van der Waals surface area contributed by atoms with E-state index in [1.54, 1.807) is 0 Å². The van der Waals surface area contributed by atoms with Crippen LogP contribution in [0.5, 0.6) is 0 Å². The van der Waals surface area contributed by atoms with Crippen LogP contribution < -0.4 is 11.2 Å². The van der Waals surface area contributed by atoms with Crippen LogP contribution in [0.15, 0.2) is 29.4 Å². The first-order valence-electron chi connectivity index (χ1n) is 8.74. The highest BCUT2D eigenvalue weighted by Gasteiger charge is 2.23. The highest BCUT2D eigenvalue weighted by molar-refractivity contribution is 7.99. The van der Waals surface area contributed by atoms with Crippen LogP contribution in [0.4, 0.5) is 0 Å². The first-order chi connectivity index (χ1) is 12.0. The van der Waals surface area contributed by atoms with Crippen molar-refractivity contribution in [2.24, 2.45) is 5.92 Å². The molecule has 1 aliphatic carbocycles. The zero-order valence-electron chi connectivity index (χ0n) is 14.7. The number of nitrogens with zero attached hydrogens (tertiary/aromatic N) is 3. The van der Waals surface area contributed by atoms with Crippen molar-refractivity contribution in [1.82, 2.24) is 20.2 Å². The average molecular weight is 359 g/mol. The van der Waals surface area contributed by atoms with Crippen LogP contribution in [0.2, 0.25) is 0 Å². The number of aromatic nitrogens is 3. The maximum absolute atomic E-state index is 12.2. The third kappa shape index (κ3) is 4.34. The molecule has 3 N–H and O–H groups in total. The number of amides is 1. The molecule has 1 heterocycles. The van der Waals surface area contributed by atoms with Crippen LogP contribution in [0.3, 0.4) is 0 Å². The summed E-state index contributed by atoms with van der Waals surface area (Å²) in [6.45, 7) is 4.24. The van der Waals surface area contributed by atoms with E-state index in [1.807, 2.05) is 31.2 Å². The molecule has 1 saturated carbocycles. The molecule has 0 unspecified atom stereocenters. The fourth-order valence-corrected chi connectivity index (χ4v) is 3.85. The molecule has 0 bridgehead atoms. The Labute approximate surface area is 152 Å². The molecule has 3 rings (SSSR count). The second-order valence-corrected chi connectivity index (χ2v) is 7.71. The van der Waals surface area contributed by atoms with Gasteiger partial charge in [0.15, 0.2) is 5.82 Å². The van der Waals surface area contributed by atoms with Crippen LogP contribution in [0.1, 0.15) is 38.2 Å². The highest BCUT2D eigenvalue weighted by Crippen LogP contribution is 2.25. The summed E-state index contributed by atoms with van der Waals surface area (Å²) < 4.78 is 1.45.